The molecule has 0 saturated carbocycles. The van der Waals surface area contributed by atoms with E-state index in [1.54, 1.807) is 0 Å². The molecule has 0 atom stereocenters. The zero-order valence-electron chi connectivity index (χ0n) is 9.37. The lowest BCUT2D eigenvalue weighted by molar-refractivity contribution is 0.294. The molecule has 5 nitrogen and oxygen atoms in total. The predicted octanol–water partition coefficient (Wildman–Crippen LogP) is 2.37. The minimum atomic E-state index is 0.299. The Morgan fingerprint density at radius 1 is 1.44 bits per heavy atom. The number of halogens is 1. The first kappa shape index (κ1) is 13.0. The number of nitrogen functional groups attached to an aromatic ring is 1. The lowest BCUT2D eigenvalue weighted by atomic mass is 10.2. The van der Waals surface area contributed by atoms with Gasteiger partial charge in [0.2, 0.25) is 11.8 Å². The molecule has 0 spiro atoms. The molecule has 16 heavy (non-hydrogen) atoms. The number of aromatic nitrogens is 2. The Kier molecular flexibility index (Phi) is 5.88. The number of anilines is 1. The van der Waals surface area contributed by atoms with Crippen molar-refractivity contribution in [2.45, 2.75) is 32.6 Å². The van der Waals surface area contributed by atoms with Gasteiger partial charge >= 0.3 is 0 Å². The van der Waals surface area contributed by atoms with Gasteiger partial charge in [-0.3, -0.25) is 5.43 Å². The largest absolute Gasteiger partial charge is 0.476 e. The molecule has 0 aliphatic heterocycles. The van der Waals surface area contributed by atoms with Crippen molar-refractivity contribution < 1.29 is 4.74 Å². The number of nitrogens with one attached hydrogen (secondary N) is 1. The molecule has 6 heteroatoms. The van der Waals surface area contributed by atoms with Crippen LogP contribution in [0.4, 0.5) is 5.95 Å². The van der Waals surface area contributed by atoms with E-state index in [1.165, 1.54) is 19.0 Å². The van der Waals surface area contributed by atoms with Crippen molar-refractivity contribution in [1.29, 1.82) is 0 Å². The van der Waals surface area contributed by atoms with Gasteiger partial charge in [-0.25, -0.2) is 10.8 Å². The summed E-state index contributed by atoms with van der Waals surface area (Å²) in [5.41, 5.74) is 2.34. The van der Waals surface area contributed by atoms with Gasteiger partial charge in [0.25, 0.3) is 0 Å². The topological polar surface area (TPSA) is 73.1 Å². The summed E-state index contributed by atoms with van der Waals surface area (Å²) in [4.78, 5) is 7.86. The molecule has 0 radical (unpaired) electrons. The zero-order valence-corrected chi connectivity index (χ0v) is 10.1. The second kappa shape index (κ2) is 7.24. The minimum absolute atomic E-state index is 0.299. The molecule has 0 fully saturated rings. The van der Waals surface area contributed by atoms with Gasteiger partial charge in [-0.2, -0.15) is 4.98 Å². The quantitative estimate of drug-likeness (QED) is 0.438. The van der Waals surface area contributed by atoms with Gasteiger partial charge < -0.3 is 4.74 Å². The first-order valence-electron chi connectivity index (χ1n) is 5.40. The van der Waals surface area contributed by atoms with Crippen molar-refractivity contribution >= 4 is 17.5 Å². The fourth-order valence-electron chi connectivity index (χ4n) is 1.22. The summed E-state index contributed by atoms with van der Waals surface area (Å²) >= 11 is 5.87. The average Bonchev–Trinajstić information content (AvgIpc) is 2.31. The number of nitrogens with two attached hydrogens (primary N) is 1. The Bertz CT molecular complexity index is 322. The lowest BCUT2D eigenvalue weighted by Gasteiger charge is -2.07. The molecule has 0 aliphatic carbocycles. The highest BCUT2D eigenvalue weighted by atomic mass is 35.5. The molecular weight excluding hydrogens is 228 g/mol. The van der Waals surface area contributed by atoms with Crippen molar-refractivity contribution in [1.82, 2.24) is 9.97 Å². The van der Waals surface area contributed by atoms with Crippen LogP contribution in [0.1, 0.15) is 32.6 Å². The van der Waals surface area contributed by atoms with Gasteiger partial charge in [0.1, 0.15) is 5.02 Å². The Morgan fingerprint density at radius 3 is 2.94 bits per heavy atom. The lowest BCUT2D eigenvalue weighted by Crippen LogP contribution is -2.11. The Morgan fingerprint density at radius 2 is 2.25 bits per heavy atom. The van der Waals surface area contributed by atoms with Gasteiger partial charge in [0.05, 0.1) is 12.8 Å². The van der Waals surface area contributed by atoms with Crippen molar-refractivity contribution in [3.8, 4) is 5.88 Å². The molecule has 1 aromatic rings. The normalized spacial score (nSPS) is 10.2. The van der Waals surface area contributed by atoms with Crippen LogP contribution >= 0.6 is 11.6 Å². The van der Waals surface area contributed by atoms with Crippen molar-refractivity contribution in [3.05, 3.63) is 11.2 Å². The smallest absolute Gasteiger partial charge is 0.240 e. The summed E-state index contributed by atoms with van der Waals surface area (Å²) in [7, 11) is 0. The molecule has 0 bridgehead atoms. The van der Waals surface area contributed by atoms with Crippen molar-refractivity contribution in [3.63, 3.8) is 0 Å². The van der Waals surface area contributed by atoms with Gasteiger partial charge in [-0.1, -0.05) is 37.8 Å². The van der Waals surface area contributed by atoms with E-state index in [4.69, 9.17) is 22.2 Å². The van der Waals surface area contributed by atoms with Gasteiger partial charge in [0, 0.05) is 0 Å². The summed E-state index contributed by atoms with van der Waals surface area (Å²) in [5, 5.41) is 0.398. The van der Waals surface area contributed by atoms with E-state index in [0.717, 1.165) is 12.8 Å². The van der Waals surface area contributed by atoms with Crippen LogP contribution in [0.2, 0.25) is 5.02 Å². The Hall–Kier alpha value is -1.07. The number of hydrazine groups is 1. The predicted molar refractivity (Wildman–Crippen MR) is 64.5 cm³/mol. The second-order valence-electron chi connectivity index (χ2n) is 3.40. The Labute approximate surface area is 100 Å². The maximum atomic E-state index is 5.87. The number of ether oxygens (including phenoxy) is 1. The monoisotopic (exact) mass is 244 g/mol. The SMILES string of the molecule is CCCCCCOc1nc(NN)ncc1Cl. The number of hydrogen-bond donors (Lipinski definition) is 2. The molecule has 3 N–H and O–H groups in total. The van der Waals surface area contributed by atoms with Crippen LogP contribution in [0.15, 0.2) is 6.20 Å². The zero-order chi connectivity index (χ0) is 11.8. The maximum absolute atomic E-state index is 5.87. The second-order valence-corrected chi connectivity index (χ2v) is 3.81. The summed E-state index contributed by atoms with van der Waals surface area (Å²) < 4.78 is 5.45. The fraction of sp³-hybridized carbons (Fsp3) is 0.600. The first-order valence-corrected chi connectivity index (χ1v) is 5.77. The van der Waals surface area contributed by atoms with Crippen molar-refractivity contribution in [2.75, 3.05) is 12.0 Å². The summed E-state index contributed by atoms with van der Waals surface area (Å²) in [6.07, 6.45) is 6.04. The van der Waals surface area contributed by atoms with Crippen molar-refractivity contribution in [2.24, 2.45) is 5.84 Å². The fourth-order valence-corrected chi connectivity index (χ4v) is 1.37. The summed E-state index contributed by atoms with van der Waals surface area (Å²) in [6, 6.07) is 0. The van der Waals surface area contributed by atoms with E-state index in [1.807, 2.05) is 0 Å². The molecule has 0 saturated heterocycles. The van der Waals surface area contributed by atoms with Gasteiger partial charge in [-0.05, 0) is 6.42 Å². The highest BCUT2D eigenvalue weighted by Gasteiger charge is 2.05. The molecule has 0 unspecified atom stereocenters. The number of rotatable bonds is 7. The molecule has 0 aliphatic rings. The number of hydrogen-bond acceptors (Lipinski definition) is 5. The maximum Gasteiger partial charge on any atom is 0.240 e. The third kappa shape index (κ3) is 4.20. The van der Waals surface area contributed by atoms with Crippen LogP contribution in [-0.2, 0) is 0 Å². The van der Waals surface area contributed by atoms with E-state index in [9.17, 15) is 0 Å². The van der Waals surface area contributed by atoms with Crippen LogP contribution in [-0.4, -0.2) is 16.6 Å². The third-order valence-corrected chi connectivity index (χ3v) is 2.34. The minimum Gasteiger partial charge on any atom is -0.476 e. The van der Waals surface area contributed by atoms with Crippen LogP contribution in [0.3, 0.4) is 0 Å². The molecular formula is C10H17ClN4O. The molecule has 90 valence electrons. The van der Waals surface area contributed by atoms with Crippen LogP contribution in [0, 0.1) is 0 Å². The standard InChI is InChI=1S/C10H17ClN4O/c1-2-3-4-5-6-16-9-8(11)7-13-10(14-9)15-12/h7H,2-6,12H2,1H3,(H,13,14,15). The molecule has 1 heterocycles. The summed E-state index contributed by atoms with van der Waals surface area (Å²) in [6.45, 7) is 2.78. The molecule has 0 amide bonds. The van der Waals surface area contributed by atoms with E-state index in [0.29, 0.717) is 23.5 Å². The van der Waals surface area contributed by atoms with Crippen LogP contribution in [0.5, 0.6) is 5.88 Å². The molecule has 0 aromatic carbocycles. The van der Waals surface area contributed by atoms with E-state index in [-0.39, 0.29) is 0 Å². The van der Waals surface area contributed by atoms with Crippen LogP contribution < -0.4 is 16.0 Å². The number of nitrogens with zero attached hydrogens (tertiary/aromatic N) is 2. The first-order chi connectivity index (χ1) is 7.77. The molecule has 1 rings (SSSR count). The van der Waals surface area contributed by atoms with Crippen LogP contribution in [0.25, 0.3) is 0 Å². The van der Waals surface area contributed by atoms with Gasteiger partial charge in [0.15, 0.2) is 0 Å². The highest BCUT2D eigenvalue weighted by molar-refractivity contribution is 6.31. The number of unbranched alkanes of at least 4 members (excludes halogenated alkanes) is 3. The summed E-state index contributed by atoms with van der Waals surface area (Å²) in [5.74, 6) is 5.86. The van der Waals surface area contributed by atoms with E-state index < -0.39 is 0 Å². The highest BCUT2D eigenvalue weighted by Crippen LogP contribution is 2.21. The Balaban J connectivity index is 2.40. The van der Waals surface area contributed by atoms with E-state index >= 15 is 0 Å². The molecule has 1 aromatic heterocycles. The third-order valence-electron chi connectivity index (χ3n) is 2.08. The average molecular weight is 245 g/mol. The van der Waals surface area contributed by atoms with Gasteiger partial charge in [-0.15, -0.1) is 0 Å². The van der Waals surface area contributed by atoms with E-state index in [2.05, 4.69) is 22.3 Å².